The second kappa shape index (κ2) is 5.85. The first-order chi connectivity index (χ1) is 7.22. The van der Waals surface area contributed by atoms with Crippen LogP contribution in [0.3, 0.4) is 0 Å². The number of nitrogens with zero attached hydrogens (tertiary/aromatic N) is 2. The molecule has 5 heteroatoms. The van der Waals surface area contributed by atoms with Crippen molar-refractivity contribution < 1.29 is 9.47 Å². The average Bonchev–Trinajstić information content (AvgIpc) is 2.68. The molecule has 0 saturated heterocycles. The molecule has 0 aliphatic carbocycles. The van der Waals surface area contributed by atoms with E-state index in [1.54, 1.807) is 26.7 Å². The Kier molecular flexibility index (Phi) is 4.74. The summed E-state index contributed by atoms with van der Waals surface area (Å²) in [5, 5.41) is 0. The van der Waals surface area contributed by atoms with Crippen LogP contribution in [0.4, 0.5) is 0 Å². The highest BCUT2D eigenvalue weighted by Gasteiger charge is 2.15. The van der Waals surface area contributed by atoms with Gasteiger partial charge in [-0.3, -0.25) is 0 Å². The number of hydrogen-bond donors (Lipinski definition) is 1. The maximum absolute atomic E-state index is 5.89. The van der Waals surface area contributed by atoms with Crippen molar-refractivity contribution in [3.63, 3.8) is 0 Å². The maximum Gasteiger partial charge on any atom is 0.200 e. The van der Waals surface area contributed by atoms with Gasteiger partial charge in [-0.1, -0.05) is 6.92 Å². The van der Waals surface area contributed by atoms with E-state index in [9.17, 15) is 0 Å². The third kappa shape index (κ3) is 3.02. The molecule has 0 fully saturated rings. The number of ether oxygens (including phenoxy) is 2. The summed E-state index contributed by atoms with van der Waals surface area (Å²) in [5.74, 6) is 0. The van der Waals surface area contributed by atoms with Gasteiger partial charge in [0, 0.05) is 26.8 Å². The van der Waals surface area contributed by atoms with Gasteiger partial charge in [-0.15, -0.1) is 0 Å². The second-order valence-corrected chi connectivity index (χ2v) is 3.44. The lowest BCUT2D eigenvalue weighted by Gasteiger charge is -2.17. The first-order valence-corrected chi connectivity index (χ1v) is 5.04. The van der Waals surface area contributed by atoms with E-state index >= 15 is 0 Å². The third-order valence-electron chi connectivity index (χ3n) is 2.37. The van der Waals surface area contributed by atoms with E-state index in [0.29, 0.717) is 0 Å². The monoisotopic (exact) mass is 213 g/mol. The van der Waals surface area contributed by atoms with Crippen LogP contribution in [0.15, 0.2) is 12.5 Å². The highest BCUT2D eigenvalue weighted by atomic mass is 16.7. The molecule has 1 aromatic heterocycles. The van der Waals surface area contributed by atoms with Crippen molar-refractivity contribution in [2.75, 3.05) is 14.2 Å². The highest BCUT2D eigenvalue weighted by Crippen LogP contribution is 2.16. The summed E-state index contributed by atoms with van der Waals surface area (Å²) in [5.41, 5.74) is 6.78. The Morgan fingerprint density at radius 3 is 2.67 bits per heavy atom. The zero-order valence-electron chi connectivity index (χ0n) is 9.51. The second-order valence-electron chi connectivity index (χ2n) is 3.44. The molecule has 1 rings (SSSR count). The standard InChI is InChI=1S/C10H19N3O2/c1-4-8(11)6-13-7-12-5-9(13)10(14-2)15-3/h5,7-8,10H,4,6,11H2,1-3H3. The van der Waals surface area contributed by atoms with Crippen LogP contribution in [0.5, 0.6) is 0 Å². The largest absolute Gasteiger partial charge is 0.350 e. The van der Waals surface area contributed by atoms with Crippen molar-refractivity contribution in [2.24, 2.45) is 5.73 Å². The van der Waals surface area contributed by atoms with Gasteiger partial charge >= 0.3 is 0 Å². The van der Waals surface area contributed by atoms with E-state index < -0.39 is 0 Å². The fourth-order valence-electron chi connectivity index (χ4n) is 1.40. The minimum atomic E-state index is -0.378. The Morgan fingerprint density at radius 2 is 2.13 bits per heavy atom. The van der Waals surface area contributed by atoms with E-state index in [0.717, 1.165) is 18.7 Å². The zero-order valence-corrected chi connectivity index (χ0v) is 9.51. The van der Waals surface area contributed by atoms with Crippen LogP contribution in [-0.2, 0) is 16.0 Å². The summed E-state index contributed by atoms with van der Waals surface area (Å²) in [6.45, 7) is 2.79. The fourth-order valence-corrected chi connectivity index (χ4v) is 1.40. The molecular weight excluding hydrogens is 194 g/mol. The van der Waals surface area contributed by atoms with Crippen LogP contribution in [0.2, 0.25) is 0 Å². The zero-order chi connectivity index (χ0) is 11.3. The summed E-state index contributed by atoms with van der Waals surface area (Å²) in [6, 6.07) is 0.132. The lowest BCUT2D eigenvalue weighted by atomic mass is 10.2. The van der Waals surface area contributed by atoms with Crippen LogP contribution >= 0.6 is 0 Å². The molecule has 2 N–H and O–H groups in total. The minimum absolute atomic E-state index is 0.132. The third-order valence-corrected chi connectivity index (χ3v) is 2.37. The Hall–Kier alpha value is -0.910. The van der Waals surface area contributed by atoms with E-state index in [2.05, 4.69) is 11.9 Å². The molecule has 0 spiro atoms. The average molecular weight is 213 g/mol. The molecule has 0 bridgehead atoms. The van der Waals surface area contributed by atoms with Crippen LogP contribution in [-0.4, -0.2) is 29.8 Å². The van der Waals surface area contributed by atoms with Crippen molar-refractivity contribution in [1.29, 1.82) is 0 Å². The van der Waals surface area contributed by atoms with Crippen LogP contribution in [0.1, 0.15) is 25.3 Å². The van der Waals surface area contributed by atoms with Crippen LogP contribution in [0.25, 0.3) is 0 Å². The number of methoxy groups -OCH3 is 2. The van der Waals surface area contributed by atoms with Crippen LogP contribution < -0.4 is 5.73 Å². The first-order valence-electron chi connectivity index (χ1n) is 5.04. The molecule has 1 unspecified atom stereocenters. The Bertz CT molecular complexity index is 284. The van der Waals surface area contributed by atoms with Crippen molar-refractivity contribution in [3.8, 4) is 0 Å². The topological polar surface area (TPSA) is 62.3 Å². The Labute approximate surface area is 90.2 Å². The van der Waals surface area contributed by atoms with Gasteiger partial charge in [-0.05, 0) is 6.42 Å². The molecule has 1 atom stereocenters. The number of imidazole rings is 1. The summed E-state index contributed by atoms with van der Waals surface area (Å²) >= 11 is 0. The van der Waals surface area contributed by atoms with E-state index in [1.165, 1.54) is 0 Å². The predicted octanol–water partition coefficient (Wildman–Crippen LogP) is 0.912. The number of nitrogens with two attached hydrogens (primary N) is 1. The molecule has 5 nitrogen and oxygen atoms in total. The SMILES string of the molecule is CCC(N)Cn1cncc1C(OC)OC. The highest BCUT2D eigenvalue weighted by molar-refractivity contribution is 5.00. The van der Waals surface area contributed by atoms with Crippen molar-refractivity contribution in [3.05, 3.63) is 18.2 Å². The first kappa shape index (κ1) is 12.2. The van der Waals surface area contributed by atoms with Gasteiger partial charge in [0.15, 0.2) is 6.29 Å². The fraction of sp³-hybridized carbons (Fsp3) is 0.700. The molecule has 0 saturated carbocycles. The predicted molar refractivity (Wildman–Crippen MR) is 57.3 cm³/mol. The van der Waals surface area contributed by atoms with Crippen LogP contribution in [0, 0.1) is 0 Å². The molecule has 86 valence electrons. The quantitative estimate of drug-likeness (QED) is 0.713. The normalized spacial score (nSPS) is 13.4. The molecule has 0 aliphatic rings. The minimum Gasteiger partial charge on any atom is -0.350 e. The number of hydrogen-bond acceptors (Lipinski definition) is 4. The maximum atomic E-state index is 5.89. The van der Waals surface area contributed by atoms with Gasteiger partial charge in [-0.2, -0.15) is 0 Å². The summed E-state index contributed by atoms with van der Waals surface area (Å²) in [6.07, 6.45) is 4.04. The summed E-state index contributed by atoms with van der Waals surface area (Å²) in [4.78, 5) is 4.07. The lowest BCUT2D eigenvalue weighted by molar-refractivity contribution is -0.110. The number of rotatable bonds is 6. The Balaban J connectivity index is 2.76. The molecule has 0 aliphatic heterocycles. The lowest BCUT2D eigenvalue weighted by Crippen LogP contribution is -2.26. The molecule has 0 radical (unpaired) electrons. The van der Waals surface area contributed by atoms with Gasteiger partial charge in [0.05, 0.1) is 18.2 Å². The number of aromatic nitrogens is 2. The van der Waals surface area contributed by atoms with Crippen molar-refractivity contribution >= 4 is 0 Å². The smallest absolute Gasteiger partial charge is 0.200 e. The van der Waals surface area contributed by atoms with E-state index in [-0.39, 0.29) is 12.3 Å². The molecule has 0 aromatic carbocycles. The molecule has 1 heterocycles. The van der Waals surface area contributed by atoms with E-state index in [1.807, 2.05) is 4.57 Å². The molecule has 15 heavy (non-hydrogen) atoms. The van der Waals surface area contributed by atoms with Crippen molar-refractivity contribution in [2.45, 2.75) is 32.2 Å². The molecule has 1 aromatic rings. The summed E-state index contributed by atoms with van der Waals surface area (Å²) < 4.78 is 12.3. The van der Waals surface area contributed by atoms with Gasteiger partial charge in [-0.25, -0.2) is 4.98 Å². The summed E-state index contributed by atoms with van der Waals surface area (Å²) in [7, 11) is 3.20. The molecule has 0 amide bonds. The molecular formula is C10H19N3O2. The van der Waals surface area contributed by atoms with Crippen molar-refractivity contribution in [1.82, 2.24) is 9.55 Å². The van der Waals surface area contributed by atoms with E-state index in [4.69, 9.17) is 15.2 Å². The Morgan fingerprint density at radius 1 is 1.47 bits per heavy atom. The van der Waals surface area contributed by atoms with Gasteiger partial charge in [0.1, 0.15) is 0 Å². The van der Waals surface area contributed by atoms with Gasteiger partial charge < -0.3 is 19.8 Å². The van der Waals surface area contributed by atoms with Gasteiger partial charge in [0.25, 0.3) is 0 Å². The van der Waals surface area contributed by atoms with Gasteiger partial charge in [0.2, 0.25) is 0 Å².